The highest BCUT2D eigenvalue weighted by Crippen LogP contribution is 2.29. The topological polar surface area (TPSA) is 84.3 Å². The monoisotopic (exact) mass is 323 g/mol. The number of halogens is 1. The molecule has 0 aliphatic carbocycles. The molecule has 98 valence electrons. The van der Waals surface area contributed by atoms with Crippen LogP contribution in [0, 0.1) is 0 Å². The molecular weight excluding hydrogens is 314 g/mol. The molecule has 0 radical (unpaired) electrons. The molecule has 2 rings (SSSR count). The fourth-order valence-electron chi connectivity index (χ4n) is 1.47. The van der Waals surface area contributed by atoms with Crippen molar-refractivity contribution in [1.82, 2.24) is 9.97 Å². The number of aromatic carboxylic acids is 1. The van der Waals surface area contributed by atoms with E-state index in [9.17, 15) is 4.79 Å². The predicted molar refractivity (Wildman–Crippen MR) is 73.0 cm³/mol. The minimum Gasteiger partial charge on any atom is -0.496 e. The Bertz CT molecular complexity index is 619. The van der Waals surface area contributed by atoms with Crippen LogP contribution in [0.1, 0.15) is 10.4 Å². The summed E-state index contributed by atoms with van der Waals surface area (Å²) in [7, 11) is 1.57. The van der Waals surface area contributed by atoms with E-state index in [4.69, 9.17) is 9.84 Å². The second-order valence-corrected chi connectivity index (χ2v) is 4.42. The Hall–Kier alpha value is -2.15. The number of ether oxygens (including phenoxy) is 1. The van der Waals surface area contributed by atoms with Crippen LogP contribution in [0.2, 0.25) is 0 Å². The summed E-state index contributed by atoms with van der Waals surface area (Å²) < 4.78 is 5.87. The molecule has 0 bridgehead atoms. The molecule has 19 heavy (non-hydrogen) atoms. The van der Waals surface area contributed by atoms with Crippen LogP contribution in [0.15, 0.2) is 35.2 Å². The summed E-state index contributed by atoms with van der Waals surface area (Å²) in [5.41, 5.74) is 0.698. The number of benzene rings is 1. The third kappa shape index (κ3) is 3.00. The molecular formula is C12H10BrN3O3. The maximum atomic E-state index is 11.0. The quantitative estimate of drug-likeness (QED) is 0.899. The minimum atomic E-state index is -1.09. The second-order valence-electron chi connectivity index (χ2n) is 3.56. The Morgan fingerprint density at radius 3 is 2.89 bits per heavy atom. The van der Waals surface area contributed by atoms with Crippen molar-refractivity contribution in [1.29, 1.82) is 0 Å². The fraction of sp³-hybridized carbons (Fsp3) is 0.0833. The van der Waals surface area contributed by atoms with Gasteiger partial charge in [-0.15, -0.1) is 0 Å². The molecule has 0 fully saturated rings. The van der Waals surface area contributed by atoms with Crippen molar-refractivity contribution in [3.63, 3.8) is 0 Å². The van der Waals surface area contributed by atoms with Gasteiger partial charge in [0.15, 0.2) is 0 Å². The first-order chi connectivity index (χ1) is 9.11. The molecule has 1 aromatic heterocycles. The second kappa shape index (κ2) is 5.66. The van der Waals surface area contributed by atoms with Crippen molar-refractivity contribution >= 4 is 33.4 Å². The minimum absolute atomic E-state index is 0.00874. The van der Waals surface area contributed by atoms with E-state index in [0.717, 1.165) is 4.47 Å². The van der Waals surface area contributed by atoms with Gasteiger partial charge in [0.05, 0.1) is 11.6 Å². The molecule has 0 saturated heterocycles. The number of methoxy groups -OCH3 is 1. The SMILES string of the molecule is COc1ccc(Nc2ncncc2C(=O)O)cc1Br. The highest BCUT2D eigenvalue weighted by atomic mass is 79.9. The molecule has 1 aromatic carbocycles. The summed E-state index contributed by atoms with van der Waals surface area (Å²) in [6.45, 7) is 0. The molecule has 0 aliphatic rings. The molecule has 0 amide bonds. The average molecular weight is 324 g/mol. The van der Waals surface area contributed by atoms with Crippen LogP contribution in [0.5, 0.6) is 5.75 Å². The number of nitrogens with zero attached hydrogens (tertiary/aromatic N) is 2. The van der Waals surface area contributed by atoms with Crippen molar-refractivity contribution in [2.75, 3.05) is 12.4 Å². The third-order valence-electron chi connectivity index (χ3n) is 2.36. The largest absolute Gasteiger partial charge is 0.496 e. The van der Waals surface area contributed by atoms with E-state index in [0.29, 0.717) is 11.4 Å². The van der Waals surface area contributed by atoms with Crippen molar-refractivity contribution in [2.24, 2.45) is 0 Å². The fourth-order valence-corrected chi connectivity index (χ4v) is 2.01. The lowest BCUT2D eigenvalue weighted by Crippen LogP contribution is -2.05. The number of carboxylic acids is 1. The van der Waals surface area contributed by atoms with E-state index >= 15 is 0 Å². The van der Waals surface area contributed by atoms with Crippen LogP contribution in [0.3, 0.4) is 0 Å². The molecule has 2 N–H and O–H groups in total. The van der Waals surface area contributed by atoms with E-state index < -0.39 is 5.97 Å². The maximum Gasteiger partial charge on any atom is 0.341 e. The number of carbonyl (C=O) groups is 1. The molecule has 0 unspecified atom stereocenters. The number of carboxylic acid groups (broad SMARTS) is 1. The first-order valence-electron chi connectivity index (χ1n) is 5.25. The summed E-state index contributed by atoms with van der Waals surface area (Å²) in [5, 5.41) is 12.0. The summed E-state index contributed by atoms with van der Waals surface area (Å²) in [6.07, 6.45) is 2.53. The molecule has 1 heterocycles. The Kier molecular flexibility index (Phi) is 3.96. The van der Waals surface area contributed by atoms with E-state index in [-0.39, 0.29) is 11.4 Å². The van der Waals surface area contributed by atoms with E-state index in [1.54, 1.807) is 25.3 Å². The van der Waals surface area contributed by atoms with E-state index in [2.05, 4.69) is 31.2 Å². The average Bonchev–Trinajstić information content (AvgIpc) is 2.39. The Balaban J connectivity index is 2.31. The van der Waals surface area contributed by atoms with Crippen LogP contribution in [0.25, 0.3) is 0 Å². The lowest BCUT2D eigenvalue weighted by molar-refractivity contribution is 0.0697. The molecule has 0 atom stereocenters. The zero-order valence-electron chi connectivity index (χ0n) is 9.92. The van der Waals surface area contributed by atoms with Crippen LogP contribution >= 0.6 is 15.9 Å². The van der Waals surface area contributed by atoms with Crippen molar-refractivity contribution in [3.05, 3.63) is 40.8 Å². The highest BCUT2D eigenvalue weighted by Gasteiger charge is 2.12. The van der Waals surface area contributed by atoms with Gasteiger partial charge < -0.3 is 15.2 Å². The summed E-state index contributed by atoms with van der Waals surface area (Å²) in [6, 6.07) is 5.29. The van der Waals surface area contributed by atoms with Gasteiger partial charge in [0.2, 0.25) is 0 Å². The molecule has 7 heteroatoms. The van der Waals surface area contributed by atoms with Gasteiger partial charge in [0, 0.05) is 11.9 Å². The molecule has 0 saturated carbocycles. The first kappa shape index (κ1) is 13.3. The summed E-state index contributed by atoms with van der Waals surface area (Å²) in [4.78, 5) is 18.6. The standard InChI is InChI=1S/C12H10BrN3O3/c1-19-10-3-2-7(4-9(10)13)16-11-8(12(17)18)5-14-6-15-11/h2-6H,1H3,(H,17,18)(H,14,15,16). The summed E-state index contributed by atoms with van der Waals surface area (Å²) in [5.74, 6) is -0.165. The van der Waals surface area contributed by atoms with Crippen molar-refractivity contribution in [3.8, 4) is 5.75 Å². The Morgan fingerprint density at radius 2 is 2.26 bits per heavy atom. The molecule has 0 aliphatic heterocycles. The van der Waals surface area contributed by atoms with Gasteiger partial charge in [-0.05, 0) is 34.1 Å². The first-order valence-corrected chi connectivity index (χ1v) is 6.05. The zero-order valence-corrected chi connectivity index (χ0v) is 11.5. The Morgan fingerprint density at radius 1 is 1.47 bits per heavy atom. The maximum absolute atomic E-state index is 11.0. The highest BCUT2D eigenvalue weighted by molar-refractivity contribution is 9.10. The van der Waals surface area contributed by atoms with Gasteiger partial charge >= 0.3 is 5.97 Å². The lowest BCUT2D eigenvalue weighted by atomic mass is 10.2. The van der Waals surface area contributed by atoms with Crippen molar-refractivity contribution in [2.45, 2.75) is 0 Å². The van der Waals surface area contributed by atoms with Gasteiger partial charge in [-0.2, -0.15) is 0 Å². The number of nitrogens with one attached hydrogen (secondary N) is 1. The van der Waals surface area contributed by atoms with Gasteiger partial charge in [-0.1, -0.05) is 0 Å². The number of hydrogen-bond acceptors (Lipinski definition) is 5. The smallest absolute Gasteiger partial charge is 0.341 e. The lowest BCUT2D eigenvalue weighted by Gasteiger charge is -2.09. The van der Waals surface area contributed by atoms with Crippen LogP contribution in [-0.2, 0) is 0 Å². The summed E-state index contributed by atoms with van der Waals surface area (Å²) >= 11 is 3.35. The van der Waals surface area contributed by atoms with E-state index in [1.807, 2.05) is 0 Å². The zero-order chi connectivity index (χ0) is 13.8. The normalized spacial score (nSPS) is 10.0. The third-order valence-corrected chi connectivity index (χ3v) is 2.98. The van der Waals surface area contributed by atoms with Gasteiger partial charge in [-0.25, -0.2) is 14.8 Å². The van der Waals surface area contributed by atoms with Gasteiger partial charge in [0.25, 0.3) is 0 Å². The van der Waals surface area contributed by atoms with Gasteiger partial charge in [0.1, 0.15) is 23.5 Å². The van der Waals surface area contributed by atoms with Crippen LogP contribution < -0.4 is 10.1 Å². The number of hydrogen-bond donors (Lipinski definition) is 2. The number of anilines is 2. The number of rotatable bonds is 4. The van der Waals surface area contributed by atoms with Crippen LogP contribution in [0.4, 0.5) is 11.5 Å². The molecule has 6 nitrogen and oxygen atoms in total. The predicted octanol–water partition coefficient (Wildman–Crippen LogP) is 2.69. The van der Waals surface area contributed by atoms with E-state index in [1.165, 1.54) is 12.5 Å². The van der Waals surface area contributed by atoms with Crippen molar-refractivity contribution < 1.29 is 14.6 Å². The Labute approximate surface area is 117 Å². The molecule has 0 spiro atoms. The molecule has 2 aromatic rings. The van der Waals surface area contributed by atoms with Gasteiger partial charge in [-0.3, -0.25) is 0 Å². The van der Waals surface area contributed by atoms with Crippen LogP contribution in [-0.4, -0.2) is 28.2 Å². The number of aromatic nitrogens is 2.